The molecule has 4 nitrogen and oxygen atoms in total. The third-order valence-corrected chi connectivity index (χ3v) is 4.69. The zero-order valence-corrected chi connectivity index (χ0v) is 12.6. The van der Waals surface area contributed by atoms with Crippen molar-refractivity contribution < 1.29 is 21.9 Å². The van der Waals surface area contributed by atoms with Gasteiger partial charge in [-0.25, -0.2) is 8.42 Å². The molecule has 0 bridgehead atoms. The zero-order chi connectivity index (χ0) is 15.3. The smallest absolute Gasteiger partial charge is 0.387 e. The second-order valence-corrected chi connectivity index (χ2v) is 7.07. The molecule has 0 saturated heterocycles. The van der Waals surface area contributed by atoms with E-state index in [9.17, 15) is 17.2 Å². The first-order valence-corrected chi connectivity index (χ1v) is 8.14. The highest BCUT2D eigenvalue weighted by Gasteiger charge is 2.14. The highest BCUT2D eigenvalue weighted by atomic mass is 35.5. The summed E-state index contributed by atoms with van der Waals surface area (Å²) >= 11 is 5.80. The topological polar surface area (TPSA) is 55.4 Å². The van der Waals surface area contributed by atoms with Crippen LogP contribution in [0.2, 0.25) is 5.02 Å². The van der Waals surface area contributed by atoms with Crippen molar-refractivity contribution in [3.63, 3.8) is 0 Å². The Bertz CT molecular complexity index is 552. The van der Waals surface area contributed by atoms with Crippen LogP contribution in [0.4, 0.5) is 14.5 Å². The minimum absolute atomic E-state index is 0.0175. The molecule has 0 radical (unpaired) electrons. The molecule has 8 heteroatoms. The summed E-state index contributed by atoms with van der Waals surface area (Å²) in [6.07, 6.45) is 0. The second kappa shape index (κ2) is 7.08. The van der Waals surface area contributed by atoms with Crippen LogP contribution in [0.3, 0.4) is 0 Å². The number of alkyl halides is 2. The van der Waals surface area contributed by atoms with E-state index in [2.05, 4.69) is 10.1 Å². The molecule has 0 saturated carbocycles. The van der Waals surface area contributed by atoms with Crippen LogP contribution in [0.5, 0.6) is 5.75 Å². The molecule has 1 unspecified atom stereocenters. The maximum atomic E-state index is 12.1. The lowest BCUT2D eigenvalue weighted by Crippen LogP contribution is -2.26. The lowest BCUT2D eigenvalue weighted by molar-refractivity contribution is -0.0497. The normalized spacial score (nSPS) is 13.3. The summed E-state index contributed by atoms with van der Waals surface area (Å²) in [6.45, 7) is 0.347. The molecule has 0 fully saturated rings. The second-order valence-electron chi connectivity index (χ2n) is 4.27. The Hall–Kier alpha value is -1.08. The van der Waals surface area contributed by atoms with E-state index in [-0.39, 0.29) is 28.3 Å². The van der Waals surface area contributed by atoms with Gasteiger partial charge in [-0.05, 0) is 25.1 Å². The van der Waals surface area contributed by atoms with Gasteiger partial charge in [-0.2, -0.15) is 8.78 Å². The van der Waals surface area contributed by atoms with Crippen LogP contribution >= 0.6 is 11.6 Å². The fourth-order valence-corrected chi connectivity index (χ4v) is 2.91. The van der Waals surface area contributed by atoms with Crippen molar-refractivity contribution in [2.75, 3.05) is 16.8 Å². The maximum absolute atomic E-state index is 12.1. The van der Waals surface area contributed by atoms with E-state index in [1.165, 1.54) is 18.2 Å². The lowest BCUT2D eigenvalue weighted by atomic mass is 10.2. The molecule has 1 aromatic rings. The third kappa shape index (κ3) is 5.50. The standard InChI is InChI=1S/C12H16ClF2NO3S/c1-3-20(17,18)7-8(2)16-9-4-5-11(10(13)6-9)19-12(14)15/h4-6,8,12,16H,3,7H2,1-2H3. The number of benzene rings is 1. The summed E-state index contributed by atoms with van der Waals surface area (Å²) in [5.41, 5.74) is 0.537. The number of nitrogens with one attached hydrogen (secondary N) is 1. The van der Waals surface area contributed by atoms with Crippen molar-refractivity contribution in [3.8, 4) is 5.75 Å². The number of anilines is 1. The van der Waals surface area contributed by atoms with Crippen LogP contribution in [-0.4, -0.2) is 32.6 Å². The van der Waals surface area contributed by atoms with Crippen molar-refractivity contribution >= 4 is 27.1 Å². The molecule has 114 valence electrons. The number of halogens is 3. The van der Waals surface area contributed by atoms with E-state index in [0.717, 1.165) is 0 Å². The van der Waals surface area contributed by atoms with Gasteiger partial charge >= 0.3 is 6.61 Å². The summed E-state index contributed by atoms with van der Waals surface area (Å²) in [7, 11) is -3.09. The molecule has 0 spiro atoms. The fourth-order valence-electron chi connectivity index (χ4n) is 1.61. The Morgan fingerprint density at radius 3 is 2.55 bits per heavy atom. The van der Waals surface area contributed by atoms with Crippen molar-refractivity contribution in [2.24, 2.45) is 0 Å². The largest absolute Gasteiger partial charge is 0.433 e. The molecular weight excluding hydrogens is 312 g/mol. The van der Waals surface area contributed by atoms with Crippen molar-refractivity contribution in [3.05, 3.63) is 23.2 Å². The summed E-state index contributed by atoms with van der Waals surface area (Å²) in [5.74, 6) is -0.0711. The Morgan fingerprint density at radius 1 is 1.40 bits per heavy atom. The highest BCUT2D eigenvalue weighted by Crippen LogP contribution is 2.29. The maximum Gasteiger partial charge on any atom is 0.387 e. The molecule has 0 aliphatic carbocycles. The summed E-state index contributed by atoms with van der Waals surface area (Å²) in [4.78, 5) is 0. The first-order chi connectivity index (χ1) is 9.23. The third-order valence-electron chi connectivity index (χ3n) is 2.50. The molecule has 0 aliphatic heterocycles. The average molecular weight is 328 g/mol. The molecule has 0 aromatic heterocycles. The van der Waals surface area contributed by atoms with Gasteiger partial charge in [-0.3, -0.25) is 0 Å². The predicted molar refractivity (Wildman–Crippen MR) is 75.5 cm³/mol. The quantitative estimate of drug-likeness (QED) is 0.835. The Morgan fingerprint density at radius 2 is 2.05 bits per heavy atom. The Labute approximate surface area is 122 Å². The van der Waals surface area contributed by atoms with Gasteiger partial charge in [0.25, 0.3) is 0 Å². The predicted octanol–water partition coefficient (Wildman–Crippen LogP) is 3.18. The highest BCUT2D eigenvalue weighted by molar-refractivity contribution is 7.91. The first kappa shape index (κ1) is 17.0. The van der Waals surface area contributed by atoms with E-state index < -0.39 is 16.4 Å². The Balaban J connectivity index is 2.72. The van der Waals surface area contributed by atoms with Gasteiger partial charge in [-0.15, -0.1) is 0 Å². The van der Waals surface area contributed by atoms with E-state index >= 15 is 0 Å². The van der Waals surface area contributed by atoms with E-state index in [1.54, 1.807) is 13.8 Å². The van der Waals surface area contributed by atoms with Crippen molar-refractivity contribution in [1.29, 1.82) is 0 Å². The van der Waals surface area contributed by atoms with Gasteiger partial charge in [-0.1, -0.05) is 18.5 Å². The van der Waals surface area contributed by atoms with Gasteiger partial charge in [0.15, 0.2) is 9.84 Å². The molecule has 1 N–H and O–H groups in total. The van der Waals surface area contributed by atoms with Crippen LogP contribution < -0.4 is 10.1 Å². The van der Waals surface area contributed by atoms with Crippen molar-refractivity contribution in [1.82, 2.24) is 0 Å². The summed E-state index contributed by atoms with van der Waals surface area (Å²) in [6, 6.07) is 3.89. The van der Waals surface area contributed by atoms with E-state index in [1.807, 2.05) is 0 Å². The van der Waals surface area contributed by atoms with Gasteiger partial charge in [0, 0.05) is 17.5 Å². The molecule has 0 aliphatic rings. The lowest BCUT2D eigenvalue weighted by Gasteiger charge is -2.16. The number of hydrogen-bond acceptors (Lipinski definition) is 4. The van der Waals surface area contributed by atoms with Gasteiger partial charge in [0.2, 0.25) is 0 Å². The zero-order valence-electron chi connectivity index (χ0n) is 11.1. The molecule has 0 heterocycles. The summed E-state index contributed by atoms with van der Waals surface area (Å²) < 4.78 is 51.3. The molecular formula is C12H16ClF2NO3S. The average Bonchev–Trinajstić information content (AvgIpc) is 2.31. The van der Waals surface area contributed by atoms with Crippen LogP contribution in [0.25, 0.3) is 0 Å². The van der Waals surface area contributed by atoms with Crippen LogP contribution in [0.1, 0.15) is 13.8 Å². The minimum Gasteiger partial charge on any atom is -0.433 e. The molecule has 1 atom stereocenters. The van der Waals surface area contributed by atoms with E-state index in [0.29, 0.717) is 5.69 Å². The Kier molecular flexibility index (Phi) is 6.01. The summed E-state index contributed by atoms with van der Waals surface area (Å²) in [5, 5.41) is 2.98. The number of hydrogen-bond donors (Lipinski definition) is 1. The molecule has 1 aromatic carbocycles. The molecule has 20 heavy (non-hydrogen) atoms. The number of sulfone groups is 1. The van der Waals surface area contributed by atoms with Gasteiger partial charge in [0.05, 0.1) is 10.8 Å². The van der Waals surface area contributed by atoms with E-state index in [4.69, 9.17) is 11.6 Å². The molecule has 1 rings (SSSR count). The van der Waals surface area contributed by atoms with Crippen LogP contribution in [0.15, 0.2) is 18.2 Å². The van der Waals surface area contributed by atoms with Crippen LogP contribution in [-0.2, 0) is 9.84 Å². The van der Waals surface area contributed by atoms with Gasteiger partial charge < -0.3 is 10.1 Å². The number of ether oxygens (including phenoxy) is 1. The van der Waals surface area contributed by atoms with Crippen LogP contribution in [0, 0.1) is 0 Å². The minimum atomic E-state index is -3.09. The van der Waals surface area contributed by atoms with Gasteiger partial charge in [0.1, 0.15) is 5.75 Å². The number of rotatable bonds is 7. The van der Waals surface area contributed by atoms with Crippen molar-refractivity contribution in [2.45, 2.75) is 26.5 Å². The molecule has 0 amide bonds. The first-order valence-electron chi connectivity index (χ1n) is 5.95. The fraction of sp³-hybridized carbons (Fsp3) is 0.500. The monoisotopic (exact) mass is 327 g/mol. The SMILES string of the molecule is CCS(=O)(=O)CC(C)Nc1ccc(OC(F)F)c(Cl)c1.